The minimum absolute atomic E-state index is 0.264. The average Bonchev–Trinajstić information content (AvgIpc) is 3.35. The Morgan fingerprint density at radius 3 is 2.65 bits per heavy atom. The number of carbonyl (C=O) groups is 1. The monoisotopic (exact) mass is 437 g/mol. The summed E-state index contributed by atoms with van der Waals surface area (Å²) in [7, 11) is 0. The van der Waals surface area contributed by atoms with Gasteiger partial charge in [-0.2, -0.15) is 8.78 Å². The summed E-state index contributed by atoms with van der Waals surface area (Å²) in [6.07, 6.45) is 3.15. The summed E-state index contributed by atoms with van der Waals surface area (Å²) in [5.74, 6) is -8.34. The average molecular weight is 437 g/mol. The van der Waals surface area contributed by atoms with Gasteiger partial charge in [0.15, 0.2) is 6.39 Å². The Labute approximate surface area is 174 Å². The lowest BCUT2D eigenvalue weighted by atomic mass is 10.1. The van der Waals surface area contributed by atoms with Gasteiger partial charge in [0, 0.05) is 13.0 Å². The lowest BCUT2D eigenvalue weighted by Gasteiger charge is -2.17. The highest BCUT2D eigenvalue weighted by Crippen LogP contribution is 2.23. The largest absolute Gasteiger partial charge is 0.448 e. The molecule has 1 amide bonds. The normalized spacial score (nSPS) is 12.4. The van der Waals surface area contributed by atoms with Crippen molar-refractivity contribution in [1.29, 1.82) is 0 Å². The number of amides is 1. The van der Waals surface area contributed by atoms with Crippen molar-refractivity contribution in [2.24, 2.45) is 0 Å². The van der Waals surface area contributed by atoms with Gasteiger partial charge in [0.1, 0.15) is 23.7 Å². The van der Waals surface area contributed by atoms with E-state index in [1.54, 1.807) is 37.3 Å². The molecule has 0 spiro atoms. The fourth-order valence-electron chi connectivity index (χ4n) is 2.67. The molecule has 11 heteroatoms. The molecule has 2 heterocycles. The topological polar surface area (TPSA) is 85.8 Å². The molecule has 7 nitrogen and oxygen atoms in total. The van der Waals surface area contributed by atoms with Gasteiger partial charge in [0.2, 0.25) is 0 Å². The third kappa shape index (κ3) is 6.00. The van der Waals surface area contributed by atoms with Gasteiger partial charge in [-0.1, -0.05) is 41.6 Å². The van der Waals surface area contributed by atoms with Crippen LogP contribution < -0.4 is 5.32 Å². The highest BCUT2D eigenvalue weighted by Gasteiger charge is 2.36. The molecule has 3 aromatic rings. The van der Waals surface area contributed by atoms with Gasteiger partial charge < -0.3 is 9.73 Å². The van der Waals surface area contributed by atoms with Crippen molar-refractivity contribution in [3.63, 3.8) is 0 Å². The van der Waals surface area contributed by atoms with Crippen molar-refractivity contribution >= 4 is 12.0 Å². The first-order valence-corrected chi connectivity index (χ1v) is 9.25. The summed E-state index contributed by atoms with van der Waals surface area (Å²) in [5.41, 5.74) is 1.13. The van der Waals surface area contributed by atoms with Crippen LogP contribution in [0.1, 0.15) is 17.7 Å². The van der Waals surface area contributed by atoms with Crippen LogP contribution in [0.25, 0.3) is 17.5 Å². The van der Waals surface area contributed by atoms with Crippen LogP contribution >= 0.6 is 0 Å². The highest BCUT2D eigenvalue weighted by atomic mass is 19.3. The Morgan fingerprint density at radius 1 is 1.23 bits per heavy atom. The molecule has 0 aliphatic heterocycles. The van der Waals surface area contributed by atoms with Crippen LogP contribution in [-0.4, -0.2) is 44.3 Å². The number of carbonyl (C=O) groups excluding carboxylic acids is 1. The molecule has 164 valence electrons. The number of aryl methyl sites for hydroxylation is 1. The Bertz CT molecular complexity index is 1050. The van der Waals surface area contributed by atoms with Crippen molar-refractivity contribution in [3.8, 4) is 11.4 Å². The lowest BCUT2D eigenvalue weighted by Crippen LogP contribution is -2.41. The van der Waals surface area contributed by atoms with E-state index in [1.807, 2.05) is 5.32 Å². The van der Waals surface area contributed by atoms with E-state index in [9.17, 15) is 22.4 Å². The van der Waals surface area contributed by atoms with Gasteiger partial charge in [-0.05, 0) is 18.6 Å². The van der Waals surface area contributed by atoms with E-state index in [4.69, 9.17) is 4.42 Å². The van der Waals surface area contributed by atoms with E-state index in [2.05, 4.69) is 15.3 Å². The second-order valence-corrected chi connectivity index (χ2v) is 6.79. The van der Waals surface area contributed by atoms with Crippen molar-refractivity contribution < 1.29 is 26.8 Å². The Kier molecular flexibility index (Phi) is 6.52. The first-order chi connectivity index (χ1) is 14.7. The van der Waals surface area contributed by atoms with Crippen molar-refractivity contribution in [2.45, 2.75) is 31.7 Å². The van der Waals surface area contributed by atoms with E-state index in [0.717, 1.165) is 10.8 Å². The first-order valence-electron chi connectivity index (χ1n) is 9.25. The summed E-state index contributed by atoms with van der Waals surface area (Å²) in [6.45, 7) is 0.172. The molecule has 0 bridgehead atoms. The number of oxazole rings is 1. The van der Waals surface area contributed by atoms with Crippen LogP contribution in [-0.2, 0) is 11.3 Å². The molecule has 31 heavy (non-hydrogen) atoms. The van der Waals surface area contributed by atoms with E-state index in [-0.39, 0.29) is 5.69 Å². The molecule has 2 aromatic heterocycles. The van der Waals surface area contributed by atoms with Gasteiger partial charge in [0.05, 0.1) is 6.20 Å². The number of benzene rings is 1. The number of nitrogens with one attached hydrogen (secondary N) is 1. The van der Waals surface area contributed by atoms with Gasteiger partial charge >= 0.3 is 5.92 Å². The highest BCUT2D eigenvalue weighted by molar-refractivity contribution is 5.86. The van der Waals surface area contributed by atoms with E-state index in [0.29, 0.717) is 23.1 Å². The molecule has 1 aromatic carbocycles. The van der Waals surface area contributed by atoms with E-state index >= 15 is 0 Å². The van der Waals surface area contributed by atoms with Crippen molar-refractivity contribution in [3.05, 3.63) is 60.3 Å². The molecule has 0 saturated heterocycles. The van der Waals surface area contributed by atoms with Crippen LogP contribution in [0.15, 0.2) is 53.4 Å². The fraction of sp³-hybridized carbons (Fsp3) is 0.300. The number of halogens is 4. The molecular weight excluding hydrogens is 418 g/mol. The van der Waals surface area contributed by atoms with Crippen LogP contribution in [0.5, 0.6) is 0 Å². The standard InChI is InChI=1S/C20H19F4N5O2/c1-14-17(26-13-31-14)16-11-29(28-27-16)12-19(21,22)9-10-25-18(30)20(23,24)8-7-15-5-3-2-4-6-15/h2-8,11,13H,9-10,12H2,1H3,(H,25,30)/b8-7+. The maximum absolute atomic E-state index is 14.2. The minimum Gasteiger partial charge on any atom is -0.448 e. The SMILES string of the molecule is Cc1ocnc1-c1cn(CC(F)(F)CCNC(=O)C(F)(F)/C=C/c2ccccc2)nn1. The number of rotatable bonds is 9. The van der Waals surface area contributed by atoms with E-state index < -0.39 is 37.3 Å². The minimum atomic E-state index is -3.83. The molecule has 0 unspecified atom stereocenters. The van der Waals surface area contributed by atoms with Crippen LogP contribution in [0, 0.1) is 6.92 Å². The fourth-order valence-corrected chi connectivity index (χ4v) is 2.67. The van der Waals surface area contributed by atoms with Crippen LogP contribution in [0.3, 0.4) is 0 Å². The molecular formula is C20H19F4N5O2. The third-order valence-corrected chi connectivity index (χ3v) is 4.28. The molecule has 0 fully saturated rings. The Balaban J connectivity index is 1.51. The number of hydrogen-bond donors (Lipinski definition) is 1. The van der Waals surface area contributed by atoms with Gasteiger partial charge in [0.25, 0.3) is 11.8 Å². The predicted molar refractivity (Wildman–Crippen MR) is 103 cm³/mol. The summed E-state index contributed by atoms with van der Waals surface area (Å²) in [5, 5.41) is 9.24. The lowest BCUT2D eigenvalue weighted by molar-refractivity contribution is -0.139. The second kappa shape index (κ2) is 9.11. The second-order valence-electron chi connectivity index (χ2n) is 6.79. The zero-order chi connectivity index (χ0) is 22.5. The number of hydrogen-bond acceptors (Lipinski definition) is 5. The molecule has 0 atom stereocenters. The van der Waals surface area contributed by atoms with Gasteiger partial charge in [-0.3, -0.25) is 4.79 Å². The number of aromatic nitrogens is 4. The van der Waals surface area contributed by atoms with Gasteiger partial charge in [-0.25, -0.2) is 18.4 Å². The molecule has 1 N–H and O–H groups in total. The molecule has 0 aliphatic rings. The predicted octanol–water partition coefficient (Wildman–Crippen LogP) is 3.73. The Morgan fingerprint density at radius 2 is 1.97 bits per heavy atom. The molecule has 0 radical (unpaired) electrons. The first kappa shape index (κ1) is 22.2. The summed E-state index contributed by atoms with van der Waals surface area (Å²) < 4.78 is 62.1. The van der Waals surface area contributed by atoms with Crippen molar-refractivity contribution in [1.82, 2.24) is 25.3 Å². The summed E-state index contributed by atoms with van der Waals surface area (Å²) in [4.78, 5) is 15.6. The zero-order valence-electron chi connectivity index (χ0n) is 16.4. The third-order valence-electron chi connectivity index (χ3n) is 4.28. The van der Waals surface area contributed by atoms with E-state index in [1.165, 1.54) is 12.6 Å². The maximum Gasteiger partial charge on any atom is 0.343 e. The Hall–Kier alpha value is -3.50. The molecule has 3 rings (SSSR count). The smallest absolute Gasteiger partial charge is 0.343 e. The van der Waals surface area contributed by atoms with Crippen LogP contribution in [0.4, 0.5) is 17.6 Å². The zero-order valence-corrected chi connectivity index (χ0v) is 16.4. The quantitative estimate of drug-likeness (QED) is 0.516. The maximum atomic E-state index is 14.2. The van der Waals surface area contributed by atoms with Gasteiger partial charge in [-0.15, -0.1) is 5.10 Å². The van der Waals surface area contributed by atoms with Crippen LogP contribution in [0.2, 0.25) is 0 Å². The summed E-state index contributed by atoms with van der Waals surface area (Å²) >= 11 is 0. The number of alkyl halides is 4. The molecule has 0 aliphatic carbocycles. The van der Waals surface area contributed by atoms with Crippen molar-refractivity contribution in [2.75, 3.05) is 6.54 Å². The summed E-state index contributed by atoms with van der Waals surface area (Å²) in [6, 6.07) is 8.21. The molecule has 0 saturated carbocycles. The number of nitrogens with zero attached hydrogens (tertiary/aromatic N) is 4.